The van der Waals surface area contributed by atoms with Crippen LogP contribution in [0.2, 0.25) is 0 Å². The predicted octanol–water partition coefficient (Wildman–Crippen LogP) is 1.31. The van der Waals surface area contributed by atoms with Crippen LogP contribution in [-0.2, 0) is 0 Å². The molecule has 2 rings (SSSR count). The predicted molar refractivity (Wildman–Crippen MR) is 77.8 cm³/mol. The fourth-order valence-corrected chi connectivity index (χ4v) is 2.90. The van der Waals surface area contributed by atoms with Gasteiger partial charge in [-0.15, -0.1) is 0 Å². The molecular formula is C14H21FN4O. The molecule has 0 radical (unpaired) electrons. The molecule has 2 unspecified atom stereocenters. The minimum Gasteiger partial charge on any atom is -0.409 e. The number of hydrogen-bond acceptors (Lipinski definition) is 4. The number of nitrogens with zero attached hydrogens (tertiary/aromatic N) is 3. The van der Waals surface area contributed by atoms with Gasteiger partial charge in [0, 0.05) is 19.1 Å². The summed E-state index contributed by atoms with van der Waals surface area (Å²) < 4.78 is 14.0. The van der Waals surface area contributed by atoms with Gasteiger partial charge < -0.3 is 20.7 Å². The van der Waals surface area contributed by atoms with Crippen molar-refractivity contribution in [2.75, 3.05) is 32.1 Å². The smallest absolute Gasteiger partial charge is 0.175 e. The maximum atomic E-state index is 14.0. The van der Waals surface area contributed by atoms with Crippen LogP contribution in [0.1, 0.15) is 12.5 Å². The van der Waals surface area contributed by atoms with Gasteiger partial charge in [-0.05, 0) is 32.1 Å². The average Bonchev–Trinajstić information content (AvgIpc) is 2.79. The fraction of sp³-hybridized carbons (Fsp3) is 0.500. The van der Waals surface area contributed by atoms with Gasteiger partial charge in [-0.2, -0.15) is 0 Å². The zero-order valence-electron chi connectivity index (χ0n) is 12.0. The lowest BCUT2D eigenvalue weighted by Gasteiger charge is -2.24. The summed E-state index contributed by atoms with van der Waals surface area (Å²) in [6.45, 7) is 3.79. The van der Waals surface area contributed by atoms with Gasteiger partial charge in [0.05, 0.1) is 11.3 Å². The first-order valence-electron chi connectivity index (χ1n) is 6.63. The summed E-state index contributed by atoms with van der Waals surface area (Å²) in [5.41, 5.74) is 6.46. The van der Waals surface area contributed by atoms with Crippen LogP contribution in [0.4, 0.5) is 10.1 Å². The van der Waals surface area contributed by atoms with E-state index in [0.29, 0.717) is 17.6 Å². The summed E-state index contributed by atoms with van der Waals surface area (Å²) in [6.07, 6.45) is 0. The van der Waals surface area contributed by atoms with Crippen molar-refractivity contribution in [2.45, 2.75) is 13.0 Å². The van der Waals surface area contributed by atoms with Crippen LogP contribution in [0.15, 0.2) is 23.4 Å². The van der Waals surface area contributed by atoms with Crippen LogP contribution in [0.5, 0.6) is 0 Å². The Morgan fingerprint density at radius 2 is 2.15 bits per heavy atom. The van der Waals surface area contributed by atoms with Crippen molar-refractivity contribution in [1.82, 2.24) is 4.90 Å². The standard InChI is InChI=1S/C14H21FN4O/c1-9-7-19(8-12(9)18(2)3)11-6-4-5-10(15)13(11)14(16)17-20/h4-6,9,12,20H,7-8H2,1-3H3,(H2,16,17). The molecule has 0 saturated carbocycles. The molecule has 0 bridgehead atoms. The summed E-state index contributed by atoms with van der Waals surface area (Å²) in [6, 6.07) is 5.17. The van der Waals surface area contributed by atoms with Crippen molar-refractivity contribution < 1.29 is 9.60 Å². The van der Waals surface area contributed by atoms with E-state index in [4.69, 9.17) is 10.9 Å². The number of hydrogen-bond donors (Lipinski definition) is 2. The van der Waals surface area contributed by atoms with E-state index in [0.717, 1.165) is 13.1 Å². The molecule has 0 aromatic heterocycles. The molecule has 1 aromatic rings. The minimum absolute atomic E-state index is 0.168. The van der Waals surface area contributed by atoms with Crippen LogP contribution in [0, 0.1) is 11.7 Å². The minimum atomic E-state index is -0.473. The van der Waals surface area contributed by atoms with E-state index in [9.17, 15) is 4.39 Å². The lowest BCUT2D eigenvalue weighted by Crippen LogP contribution is -2.34. The first kappa shape index (κ1) is 14.6. The molecule has 1 aromatic carbocycles. The molecule has 1 fully saturated rings. The van der Waals surface area contributed by atoms with Crippen LogP contribution in [-0.4, -0.2) is 49.2 Å². The molecule has 0 amide bonds. The highest BCUT2D eigenvalue weighted by molar-refractivity contribution is 6.02. The molecule has 1 aliphatic heterocycles. The highest BCUT2D eigenvalue weighted by Gasteiger charge is 2.32. The second kappa shape index (κ2) is 5.66. The molecule has 5 nitrogen and oxygen atoms in total. The van der Waals surface area contributed by atoms with Crippen LogP contribution in [0.3, 0.4) is 0 Å². The van der Waals surface area contributed by atoms with Gasteiger partial charge in [-0.25, -0.2) is 4.39 Å². The summed E-state index contributed by atoms with van der Waals surface area (Å²) in [5.74, 6) is -0.203. The Kier molecular flexibility index (Phi) is 4.13. The third-order valence-electron chi connectivity index (χ3n) is 3.93. The Balaban J connectivity index is 2.38. The Hall–Kier alpha value is -1.82. The summed E-state index contributed by atoms with van der Waals surface area (Å²) in [4.78, 5) is 4.26. The monoisotopic (exact) mass is 280 g/mol. The van der Waals surface area contributed by atoms with E-state index in [2.05, 4.69) is 21.9 Å². The number of halogens is 1. The van der Waals surface area contributed by atoms with Crippen LogP contribution >= 0.6 is 0 Å². The molecule has 0 aliphatic carbocycles. The summed E-state index contributed by atoms with van der Waals surface area (Å²) >= 11 is 0. The zero-order valence-corrected chi connectivity index (χ0v) is 12.0. The van der Waals surface area contributed by atoms with E-state index in [-0.39, 0.29) is 11.4 Å². The van der Waals surface area contributed by atoms with Crippen LogP contribution < -0.4 is 10.6 Å². The summed E-state index contributed by atoms with van der Waals surface area (Å²) in [5, 5.41) is 11.8. The quantitative estimate of drug-likeness (QED) is 0.379. The van der Waals surface area contributed by atoms with Crippen LogP contribution in [0.25, 0.3) is 0 Å². The second-order valence-corrected chi connectivity index (χ2v) is 5.53. The highest BCUT2D eigenvalue weighted by Crippen LogP contribution is 2.30. The normalized spacial score (nSPS) is 23.6. The molecule has 110 valence electrons. The summed E-state index contributed by atoms with van der Waals surface area (Å²) in [7, 11) is 4.08. The molecule has 0 spiro atoms. The van der Waals surface area contributed by atoms with Gasteiger partial charge in [0.15, 0.2) is 5.84 Å². The molecule has 1 heterocycles. The average molecular weight is 280 g/mol. The third kappa shape index (κ3) is 2.56. The number of nitrogens with two attached hydrogens (primary N) is 1. The van der Waals surface area contributed by atoms with Gasteiger partial charge >= 0.3 is 0 Å². The SMILES string of the molecule is CC1CN(c2cccc(F)c2/C(N)=N/O)CC1N(C)C. The number of anilines is 1. The second-order valence-electron chi connectivity index (χ2n) is 5.53. The topological polar surface area (TPSA) is 65.1 Å². The lowest BCUT2D eigenvalue weighted by molar-refractivity contribution is 0.266. The fourth-order valence-electron chi connectivity index (χ4n) is 2.90. The Morgan fingerprint density at radius 3 is 2.70 bits per heavy atom. The van der Waals surface area contributed by atoms with E-state index in [1.807, 2.05) is 14.1 Å². The van der Waals surface area contributed by atoms with Crippen molar-refractivity contribution >= 4 is 11.5 Å². The molecule has 20 heavy (non-hydrogen) atoms. The van der Waals surface area contributed by atoms with Crippen molar-refractivity contribution in [3.63, 3.8) is 0 Å². The molecule has 2 atom stereocenters. The van der Waals surface area contributed by atoms with E-state index < -0.39 is 5.82 Å². The van der Waals surface area contributed by atoms with Crippen molar-refractivity contribution in [1.29, 1.82) is 0 Å². The number of amidine groups is 1. The Labute approximate surface area is 118 Å². The Bertz CT molecular complexity index is 518. The first-order valence-corrected chi connectivity index (χ1v) is 6.63. The number of likely N-dealkylation sites (N-methyl/N-ethyl adjacent to an activating group) is 1. The zero-order chi connectivity index (χ0) is 14.9. The van der Waals surface area contributed by atoms with Gasteiger partial charge in [-0.1, -0.05) is 18.1 Å². The molecule has 6 heteroatoms. The number of oxime groups is 1. The lowest BCUT2D eigenvalue weighted by atomic mass is 10.1. The third-order valence-corrected chi connectivity index (χ3v) is 3.93. The molecule has 1 saturated heterocycles. The number of rotatable bonds is 3. The maximum Gasteiger partial charge on any atom is 0.175 e. The van der Waals surface area contributed by atoms with Crippen molar-refractivity contribution in [2.24, 2.45) is 16.8 Å². The highest BCUT2D eigenvalue weighted by atomic mass is 19.1. The molecular weight excluding hydrogens is 259 g/mol. The van der Waals surface area contributed by atoms with Gasteiger partial charge in [0.25, 0.3) is 0 Å². The van der Waals surface area contributed by atoms with Crippen molar-refractivity contribution in [3.05, 3.63) is 29.6 Å². The molecule has 3 N–H and O–H groups in total. The largest absolute Gasteiger partial charge is 0.409 e. The number of benzene rings is 1. The van der Waals surface area contributed by atoms with E-state index >= 15 is 0 Å². The van der Waals surface area contributed by atoms with E-state index in [1.54, 1.807) is 12.1 Å². The van der Waals surface area contributed by atoms with Gasteiger partial charge in [0.2, 0.25) is 0 Å². The van der Waals surface area contributed by atoms with Gasteiger partial charge in [0.1, 0.15) is 5.82 Å². The van der Waals surface area contributed by atoms with E-state index in [1.165, 1.54) is 6.07 Å². The molecule has 1 aliphatic rings. The van der Waals surface area contributed by atoms with Crippen molar-refractivity contribution in [3.8, 4) is 0 Å². The maximum absolute atomic E-state index is 14.0. The van der Waals surface area contributed by atoms with Gasteiger partial charge in [-0.3, -0.25) is 0 Å². The first-order chi connectivity index (χ1) is 9.45. The Morgan fingerprint density at radius 1 is 1.45 bits per heavy atom.